The highest BCUT2D eigenvalue weighted by atomic mass is 32.2. The third-order valence-corrected chi connectivity index (χ3v) is 4.52. The minimum Gasteiger partial charge on any atom is -0.497 e. The van der Waals surface area contributed by atoms with E-state index in [9.17, 15) is 4.79 Å². The third-order valence-electron chi connectivity index (χ3n) is 3.53. The molecule has 8 nitrogen and oxygen atoms in total. The fraction of sp³-hybridized carbons (Fsp3) is 0.200. The molecule has 2 heterocycles. The summed E-state index contributed by atoms with van der Waals surface area (Å²) < 4.78 is 14.7. The molecule has 0 aliphatic heterocycles. The summed E-state index contributed by atoms with van der Waals surface area (Å²) in [5.74, 6) is 4.67. The maximum atomic E-state index is 12.3. The van der Waals surface area contributed by atoms with Crippen LogP contribution in [0.3, 0.4) is 0 Å². The van der Waals surface area contributed by atoms with Crippen molar-refractivity contribution < 1.29 is 4.74 Å². The van der Waals surface area contributed by atoms with E-state index in [4.69, 9.17) is 15.3 Å². The third kappa shape index (κ3) is 2.85. The van der Waals surface area contributed by atoms with Crippen molar-refractivity contribution in [3.63, 3.8) is 0 Å². The van der Waals surface area contributed by atoms with Crippen LogP contribution in [0, 0.1) is 4.78 Å². The molecule has 0 bridgehead atoms. The van der Waals surface area contributed by atoms with Crippen LogP contribution in [-0.4, -0.2) is 38.8 Å². The van der Waals surface area contributed by atoms with Crippen LogP contribution in [0.2, 0.25) is 0 Å². The van der Waals surface area contributed by atoms with Gasteiger partial charge in [0.1, 0.15) is 11.3 Å². The first kappa shape index (κ1) is 16.1. The van der Waals surface area contributed by atoms with E-state index in [0.717, 1.165) is 11.3 Å². The molecule has 126 valence electrons. The van der Waals surface area contributed by atoms with Crippen LogP contribution < -0.4 is 16.2 Å². The van der Waals surface area contributed by atoms with Gasteiger partial charge >= 0.3 is 5.69 Å². The molecule has 1 atom stereocenters. The van der Waals surface area contributed by atoms with Crippen molar-refractivity contribution in [3.05, 3.63) is 40.3 Å². The number of methoxy groups -OCH3 is 1. The highest BCUT2D eigenvalue weighted by molar-refractivity contribution is 8.00. The first-order chi connectivity index (χ1) is 11.3. The lowest BCUT2D eigenvalue weighted by Crippen LogP contribution is -2.18. The van der Waals surface area contributed by atoms with Crippen molar-refractivity contribution >= 4 is 32.3 Å². The lowest BCUT2D eigenvalue weighted by atomic mass is 10.2. The van der Waals surface area contributed by atoms with E-state index in [-0.39, 0.29) is 16.7 Å². The molecule has 24 heavy (non-hydrogen) atoms. The fourth-order valence-electron chi connectivity index (χ4n) is 2.29. The first-order valence-corrected chi connectivity index (χ1v) is 9.25. The molecule has 0 amide bonds. The Morgan fingerprint density at radius 3 is 2.62 bits per heavy atom. The van der Waals surface area contributed by atoms with E-state index in [1.54, 1.807) is 13.4 Å². The molecule has 0 saturated heterocycles. The van der Waals surface area contributed by atoms with Gasteiger partial charge in [-0.15, -0.1) is 0 Å². The Bertz CT molecular complexity index is 1060. The number of anilines is 1. The smallest absolute Gasteiger partial charge is 0.328 e. The normalized spacial score (nSPS) is 13.8. The number of nitrogens with one attached hydrogen (secondary N) is 2. The van der Waals surface area contributed by atoms with Crippen LogP contribution in [0.15, 0.2) is 34.2 Å². The second kappa shape index (κ2) is 5.68. The number of fused-ring (bicyclic) bond motifs is 1. The summed E-state index contributed by atoms with van der Waals surface area (Å²) in [4.78, 5) is 23.4. The van der Waals surface area contributed by atoms with Crippen LogP contribution in [0.5, 0.6) is 5.75 Å². The number of ether oxygens (including phenoxy) is 1. The van der Waals surface area contributed by atoms with Gasteiger partial charge in [-0.05, 0) is 24.0 Å². The predicted molar refractivity (Wildman–Crippen MR) is 96.1 cm³/mol. The molecule has 3 aromatic rings. The lowest BCUT2D eigenvalue weighted by molar-refractivity contribution is 0.414. The average molecular weight is 346 g/mol. The van der Waals surface area contributed by atoms with Crippen LogP contribution in [0.4, 0.5) is 5.82 Å². The standard InChI is InChI=1S/C15H18N6O2S/c1-23-10-6-4-9(5-7-10)8-21-13-11(18-15(21)22)12(16)19-14(20-13)24(2,3)17/h4-7,17H,2,8H2,1,3H3,(H,18,22)(H2,16,19,20). The predicted octanol–water partition coefficient (Wildman–Crippen LogP) is 1.10. The van der Waals surface area contributed by atoms with E-state index in [1.807, 2.05) is 24.3 Å². The number of aromatic amines is 1. The SMILES string of the molecule is C=S(C)(=N)c1nc(N)c2[nH]c(=O)n(Cc3ccc(OC)cc3)c2n1. The minimum absolute atomic E-state index is 0.148. The van der Waals surface area contributed by atoms with Crippen molar-refractivity contribution in [2.24, 2.45) is 0 Å². The number of benzene rings is 1. The van der Waals surface area contributed by atoms with Gasteiger partial charge in [-0.3, -0.25) is 9.35 Å². The number of nitrogens with two attached hydrogens (primary N) is 1. The average Bonchev–Trinajstić information content (AvgIpc) is 2.84. The zero-order chi connectivity index (χ0) is 17.5. The van der Waals surface area contributed by atoms with Crippen molar-refractivity contribution in [2.45, 2.75) is 11.7 Å². The number of imidazole rings is 1. The number of rotatable bonds is 4. The Balaban J connectivity index is 2.14. The molecule has 2 aromatic heterocycles. The molecule has 0 radical (unpaired) electrons. The number of H-pyrrole nitrogens is 1. The maximum Gasteiger partial charge on any atom is 0.328 e. The van der Waals surface area contributed by atoms with Crippen LogP contribution in [0.1, 0.15) is 5.56 Å². The maximum absolute atomic E-state index is 12.3. The van der Waals surface area contributed by atoms with Gasteiger partial charge in [-0.2, -0.15) is 0 Å². The molecule has 0 saturated carbocycles. The summed E-state index contributed by atoms with van der Waals surface area (Å²) in [7, 11) is -0.558. The van der Waals surface area contributed by atoms with E-state index < -0.39 is 9.41 Å². The summed E-state index contributed by atoms with van der Waals surface area (Å²) >= 11 is 0. The van der Waals surface area contributed by atoms with Gasteiger partial charge in [0.05, 0.1) is 13.7 Å². The summed E-state index contributed by atoms with van der Waals surface area (Å²) in [5, 5.41) is 0.245. The molecule has 9 heteroatoms. The number of nitrogens with zero attached hydrogens (tertiary/aromatic N) is 3. The number of hydrogen-bond acceptors (Lipinski definition) is 6. The topological polar surface area (TPSA) is 123 Å². The summed E-state index contributed by atoms with van der Waals surface area (Å²) in [5.41, 5.74) is 7.26. The molecule has 0 spiro atoms. The van der Waals surface area contributed by atoms with Gasteiger partial charge in [-0.1, -0.05) is 27.4 Å². The zero-order valence-electron chi connectivity index (χ0n) is 13.4. The fourth-order valence-corrected chi connectivity index (χ4v) is 2.88. The summed E-state index contributed by atoms with van der Waals surface area (Å²) in [6.07, 6.45) is 1.65. The molecule has 1 unspecified atom stereocenters. The monoisotopic (exact) mass is 346 g/mol. The highest BCUT2D eigenvalue weighted by Gasteiger charge is 2.15. The van der Waals surface area contributed by atoms with Crippen LogP contribution in [0.25, 0.3) is 11.2 Å². The molecular formula is C15H18N6O2S. The summed E-state index contributed by atoms with van der Waals surface area (Å²) in [6.45, 7) is 0.319. The highest BCUT2D eigenvalue weighted by Crippen LogP contribution is 2.18. The van der Waals surface area contributed by atoms with Crippen LogP contribution in [-0.2, 0) is 16.0 Å². The van der Waals surface area contributed by atoms with E-state index in [1.165, 1.54) is 4.57 Å². The molecule has 1 aromatic carbocycles. The van der Waals surface area contributed by atoms with Gasteiger partial charge in [0.15, 0.2) is 16.6 Å². The minimum atomic E-state index is -2.15. The largest absolute Gasteiger partial charge is 0.497 e. The van der Waals surface area contributed by atoms with Gasteiger partial charge in [0.25, 0.3) is 0 Å². The van der Waals surface area contributed by atoms with Crippen molar-refractivity contribution in [3.8, 4) is 5.75 Å². The second-order valence-corrected chi connectivity index (χ2v) is 8.08. The van der Waals surface area contributed by atoms with Crippen molar-refractivity contribution in [1.82, 2.24) is 19.5 Å². The molecule has 4 N–H and O–H groups in total. The van der Waals surface area contributed by atoms with Gasteiger partial charge in [0.2, 0.25) is 0 Å². The van der Waals surface area contributed by atoms with Crippen molar-refractivity contribution in [1.29, 1.82) is 4.78 Å². The lowest BCUT2D eigenvalue weighted by Gasteiger charge is -2.08. The van der Waals surface area contributed by atoms with Gasteiger partial charge in [-0.25, -0.2) is 14.8 Å². The van der Waals surface area contributed by atoms with Gasteiger partial charge in [0, 0.05) is 0 Å². The Kier molecular flexibility index (Phi) is 3.80. The Hall–Kier alpha value is -2.81. The zero-order valence-corrected chi connectivity index (χ0v) is 14.2. The molecule has 0 aliphatic carbocycles. The van der Waals surface area contributed by atoms with E-state index in [2.05, 4.69) is 20.8 Å². The number of nitrogen functional groups attached to an aromatic ring is 1. The second-order valence-electron chi connectivity index (χ2n) is 5.54. The number of hydrogen-bond donors (Lipinski definition) is 3. The molecule has 0 fully saturated rings. The van der Waals surface area contributed by atoms with Crippen molar-refractivity contribution in [2.75, 3.05) is 19.1 Å². The Morgan fingerprint density at radius 2 is 2.04 bits per heavy atom. The van der Waals surface area contributed by atoms with E-state index >= 15 is 0 Å². The van der Waals surface area contributed by atoms with Crippen LogP contribution >= 0.6 is 0 Å². The van der Waals surface area contributed by atoms with Gasteiger partial charge < -0.3 is 15.5 Å². The summed E-state index contributed by atoms with van der Waals surface area (Å²) in [6, 6.07) is 7.39. The first-order valence-electron chi connectivity index (χ1n) is 7.04. The number of aromatic nitrogens is 4. The quantitative estimate of drug-likeness (QED) is 0.482. The molecular weight excluding hydrogens is 328 g/mol. The Labute approximate surface area is 138 Å². The Morgan fingerprint density at radius 1 is 1.38 bits per heavy atom. The van der Waals surface area contributed by atoms with E-state index in [0.29, 0.717) is 17.7 Å². The molecule has 0 aliphatic rings. The molecule has 3 rings (SSSR count).